The number of carbonyl (C=O) groups excluding carboxylic acids is 1. The molecule has 0 unspecified atom stereocenters. The summed E-state index contributed by atoms with van der Waals surface area (Å²) in [5, 5.41) is 11.7. The SMILES string of the molecule is COc1ccc(-c2nnc(SCC(=O)c3cccs3)n2C2CCCCC2)cc1. The maximum atomic E-state index is 12.4. The Morgan fingerprint density at radius 3 is 2.64 bits per heavy atom. The van der Waals surface area contributed by atoms with Crippen LogP contribution in [0.3, 0.4) is 0 Å². The lowest BCUT2D eigenvalue weighted by atomic mass is 9.95. The van der Waals surface area contributed by atoms with Crippen LogP contribution >= 0.6 is 23.1 Å². The molecular formula is C21H23N3O2S2. The van der Waals surface area contributed by atoms with Gasteiger partial charge >= 0.3 is 0 Å². The normalized spacial score (nSPS) is 14.9. The molecule has 1 aliphatic rings. The zero-order valence-electron chi connectivity index (χ0n) is 15.8. The van der Waals surface area contributed by atoms with Crippen LogP contribution in [-0.2, 0) is 0 Å². The first-order valence-electron chi connectivity index (χ1n) is 9.55. The molecular weight excluding hydrogens is 390 g/mol. The third-order valence-electron chi connectivity index (χ3n) is 5.08. The van der Waals surface area contributed by atoms with E-state index in [9.17, 15) is 4.79 Å². The largest absolute Gasteiger partial charge is 0.497 e. The van der Waals surface area contributed by atoms with Crippen molar-refractivity contribution in [2.45, 2.75) is 43.3 Å². The average molecular weight is 414 g/mol. The van der Waals surface area contributed by atoms with Crippen molar-refractivity contribution in [3.63, 3.8) is 0 Å². The molecule has 7 heteroatoms. The quantitative estimate of drug-likeness (QED) is 0.378. The number of carbonyl (C=O) groups is 1. The first kappa shape index (κ1) is 19.2. The Morgan fingerprint density at radius 1 is 1.18 bits per heavy atom. The van der Waals surface area contributed by atoms with Crippen LogP contribution in [0.4, 0.5) is 0 Å². The monoisotopic (exact) mass is 413 g/mol. The predicted molar refractivity (Wildman–Crippen MR) is 114 cm³/mol. The average Bonchev–Trinajstić information content (AvgIpc) is 3.43. The van der Waals surface area contributed by atoms with Gasteiger partial charge in [0.25, 0.3) is 0 Å². The maximum absolute atomic E-state index is 12.4. The molecule has 0 aliphatic heterocycles. The number of ether oxygens (including phenoxy) is 1. The van der Waals surface area contributed by atoms with Crippen molar-refractivity contribution in [3.05, 3.63) is 46.7 Å². The standard InChI is InChI=1S/C21H23N3O2S2/c1-26-17-11-9-15(10-12-17)20-22-23-21(24(20)16-6-3-2-4-7-16)28-14-18(25)19-8-5-13-27-19/h5,8-13,16H,2-4,6-7,14H2,1H3. The van der Waals surface area contributed by atoms with Gasteiger partial charge in [0.2, 0.25) is 0 Å². The van der Waals surface area contributed by atoms with Crippen molar-refractivity contribution in [1.29, 1.82) is 0 Å². The van der Waals surface area contributed by atoms with Crippen LogP contribution in [-0.4, -0.2) is 33.4 Å². The molecule has 4 rings (SSSR count). The Hall–Kier alpha value is -2.12. The molecule has 1 fully saturated rings. The molecule has 1 aliphatic carbocycles. The predicted octanol–water partition coefficient (Wildman–Crippen LogP) is 5.50. The number of methoxy groups -OCH3 is 1. The molecule has 0 N–H and O–H groups in total. The summed E-state index contributed by atoms with van der Waals surface area (Å²) in [5.74, 6) is 2.22. The van der Waals surface area contributed by atoms with Crippen LogP contribution < -0.4 is 4.74 Å². The fraction of sp³-hybridized carbons (Fsp3) is 0.381. The van der Waals surface area contributed by atoms with E-state index in [4.69, 9.17) is 4.74 Å². The highest BCUT2D eigenvalue weighted by Crippen LogP contribution is 2.36. The second-order valence-electron chi connectivity index (χ2n) is 6.89. The molecule has 1 saturated carbocycles. The van der Waals surface area contributed by atoms with Crippen LogP contribution in [0.2, 0.25) is 0 Å². The number of thiophene rings is 1. The number of benzene rings is 1. The van der Waals surface area contributed by atoms with E-state index in [1.165, 1.54) is 42.4 Å². The molecule has 0 amide bonds. The second kappa shape index (κ2) is 8.92. The van der Waals surface area contributed by atoms with Gasteiger partial charge in [0.1, 0.15) is 5.75 Å². The highest BCUT2D eigenvalue weighted by atomic mass is 32.2. The van der Waals surface area contributed by atoms with Crippen LogP contribution in [0, 0.1) is 0 Å². The Balaban J connectivity index is 1.61. The summed E-state index contributed by atoms with van der Waals surface area (Å²) in [6.07, 6.45) is 6.00. The summed E-state index contributed by atoms with van der Waals surface area (Å²) in [6.45, 7) is 0. The minimum atomic E-state index is 0.143. The topological polar surface area (TPSA) is 57.0 Å². The van der Waals surface area contributed by atoms with Crippen molar-refractivity contribution >= 4 is 28.9 Å². The van der Waals surface area contributed by atoms with Crippen molar-refractivity contribution in [1.82, 2.24) is 14.8 Å². The van der Waals surface area contributed by atoms with Gasteiger partial charge in [0.05, 0.1) is 17.7 Å². The number of hydrogen-bond acceptors (Lipinski definition) is 6. The molecule has 0 bridgehead atoms. The van der Waals surface area contributed by atoms with E-state index < -0.39 is 0 Å². The molecule has 28 heavy (non-hydrogen) atoms. The summed E-state index contributed by atoms with van der Waals surface area (Å²) in [5.41, 5.74) is 1.02. The molecule has 5 nitrogen and oxygen atoms in total. The number of Topliss-reactive ketones (excluding diaryl/α,β-unsaturated/α-hetero) is 1. The summed E-state index contributed by atoms with van der Waals surface area (Å²) < 4.78 is 7.53. The Morgan fingerprint density at radius 2 is 1.96 bits per heavy atom. The second-order valence-corrected chi connectivity index (χ2v) is 8.78. The van der Waals surface area contributed by atoms with Gasteiger partial charge < -0.3 is 4.74 Å². The molecule has 1 aromatic carbocycles. The number of thioether (sulfide) groups is 1. The maximum Gasteiger partial charge on any atom is 0.192 e. The number of nitrogens with zero attached hydrogens (tertiary/aromatic N) is 3. The molecule has 2 aromatic heterocycles. The molecule has 0 atom stereocenters. The zero-order valence-corrected chi connectivity index (χ0v) is 17.5. The van der Waals surface area contributed by atoms with Crippen molar-refractivity contribution in [2.75, 3.05) is 12.9 Å². The third-order valence-corrected chi connectivity index (χ3v) is 6.93. The Labute approximate surface area is 173 Å². The number of rotatable bonds is 7. The first-order valence-corrected chi connectivity index (χ1v) is 11.4. The first-order chi connectivity index (χ1) is 13.8. The van der Waals surface area contributed by atoms with E-state index >= 15 is 0 Å². The summed E-state index contributed by atoms with van der Waals surface area (Å²) in [4.78, 5) is 13.2. The molecule has 146 valence electrons. The third kappa shape index (κ3) is 4.15. The Kier molecular flexibility index (Phi) is 6.12. The molecule has 0 saturated heterocycles. The van der Waals surface area contributed by atoms with E-state index in [2.05, 4.69) is 14.8 Å². The van der Waals surface area contributed by atoms with Crippen LogP contribution in [0.15, 0.2) is 46.9 Å². The smallest absolute Gasteiger partial charge is 0.192 e. The molecule has 3 aromatic rings. The van der Waals surface area contributed by atoms with Gasteiger partial charge in [0, 0.05) is 11.6 Å². The van der Waals surface area contributed by atoms with Gasteiger partial charge in [-0.15, -0.1) is 21.5 Å². The van der Waals surface area contributed by atoms with Crippen LogP contribution in [0.5, 0.6) is 5.75 Å². The zero-order chi connectivity index (χ0) is 19.3. The summed E-state index contributed by atoms with van der Waals surface area (Å²) in [7, 11) is 1.67. The molecule has 0 spiro atoms. The number of hydrogen-bond donors (Lipinski definition) is 0. The van der Waals surface area contributed by atoms with E-state index in [1.807, 2.05) is 41.8 Å². The van der Waals surface area contributed by atoms with Crippen molar-refractivity contribution in [3.8, 4) is 17.1 Å². The van der Waals surface area contributed by atoms with E-state index in [0.29, 0.717) is 11.8 Å². The van der Waals surface area contributed by atoms with Crippen molar-refractivity contribution in [2.24, 2.45) is 0 Å². The van der Waals surface area contributed by atoms with Gasteiger partial charge in [-0.25, -0.2) is 0 Å². The lowest BCUT2D eigenvalue weighted by Gasteiger charge is -2.25. The van der Waals surface area contributed by atoms with Crippen LogP contribution in [0.1, 0.15) is 47.8 Å². The number of aromatic nitrogens is 3. The van der Waals surface area contributed by atoms with Crippen LogP contribution in [0.25, 0.3) is 11.4 Å². The van der Waals surface area contributed by atoms with Gasteiger partial charge in [-0.3, -0.25) is 9.36 Å². The lowest BCUT2D eigenvalue weighted by Crippen LogP contribution is -2.15. The van der Waals surface area contributed by atoms with Crippen molar-refractivity contribution < 1.29 is 9.53 Å². The summed E-state index contributed by atoms with van der Waals surface area (Å²) >= 11 is 2.98. The van der Waals surface area contributed by atoms with E-state index in [-0.39, 0.29) is 5.78 Å². The van der Waals surface area contributed by atoms with Gasteiger partial charge in [0.15, 0.2) is 16.8 Å². The lowest BCUT2D eigenvalue weighted by molar-refractivity contribution is 0.102. The Bertz CT molecular complexity index is 914. The molecule has 2 heterocycles. The van der Waals surface area contributed by atoms with Gasteiger partial charge in [-0.1, -0.05) is 37.1 Å². The fourth-order valence-corrected chi connectivity index (χ4v) is 5.26. The van der Waals surface area contributed by atoms with Gasteiger partial charge in [-0.05, 0) is 48.6 Å². The van der Waals surface area contributed by atoms with Gasteiger partial charge in [-0.2, -0.15) is 0 Å². The summed E-state index contributed by atoms with van der Waals surface area (Å²) in [6, 6.07) is 12.1. The highest BCUT2D eigenvalue weighted by molar-refractivity contribution is 7.99. The molecule has 0 radical (unpaired) electrons. The minimum absolute atomic E-state index is 0.143. The van der Waals surface area contributed by atoms with E-state index in [1.54, 1.807) is 7.11 Å². The number of ketones is 1. The minimum Gasteiger partial charge on any atom is -0.497 e. The van der Waals surface area contributed by atoms with E-state index in [0.717, 1.165) is 40.0 Å². The highest BCUT2D eigenvalue weighted by Gasteiger charge is 2.24. The fourth-order valence-electron chi connectivity index (χ4n) is 3.62.